The van der Waals surface area contributed by atoms with Gasteiger partial charge in [-0.1, -0.05) is 12.1 Å². The molecule has 0 saturated carbocycles. The van der Waals surface area contributed by atoms with Crippen molar-refractivity contribution >= 4 is 22.0 Å². The third-order valence-corrected chi connectivity index (χ3v) is 3.67. The first kappa shape index (κ1) is 15.2. The van der Waals surface area contributed by atoms with Crippen molar-refractivity contribution in [2.45, 2.75) is 17.4 Å². The fourth-order valence-corrected chi connectivity index (χ4v) is 2.51. The molecule has 0 aliphatic rings. The smallest absolute Gasteiger partial charge is 0.289 e. The zero-order valence-corrected chi connectivity index (χ0v) is 10.8. The molecule has 9 heteroatoms. The fraction of sp³-hybridized carbons (Fsp3) is 0.300. The Bertz CT molecular complexity index is 596. The molecule has 0 unspecified atom stereocenters. The van der Waals surface area contributed by atoms with E-state index in [0.717, 1.165) is 19.1 Å². The van der Waals surface area contributed by atoms with Gasteiger partial charge in [-0.15, -0.1) is 0 Å². The van der Waals surface area contributed by atoms with Gasteiger partial charge in [0.2, 0.25) is 10.0 Å². The summed E-state index contributed by atoms with van der Waals surface area (Å²) in [6, 6.07) is 4.78. The Hall–Kier alpha value is -1.84. The van der Waals surface area contributed by atoms with Gasteiger partial charge in [-0.05, 0) is 13.0 Å². The molecule has 0 radical (unpaired) electrons. The normalized spacial score (nSPS) is 14.6. The van der Waals surface area contributed by atoms with Crippen molar-refractivity contribution in [3.63, 3.8) is 0 Å². The van der Waals surface area contributed by atoms with Crippen molar-refractivity contribution < 1.29 is 23.2 Å². The SMILES string of the molecule is C[C@@](O)(C=O)CNS(=O)(=O)c1ccccc1[N+](=O)[O-]. The molecule has 19 heavy (non-hydrogen) atoms. The molecule has 0 heterocycles. The minimum atomic E-state index is -4.19. The minimum Gasteiger partial charge on any atom is -0.381 e. The van der Waals surface area contributed by atoms with Crippen LogP contribution in [-0.4, -0.2) is 36.9 Å². The highest BCUT2D eigenvalue weighted by Gasteiger charge is 2.28. The lowest BCUT2D eigenvalue weighted by Gasteiger charge is -2.16. The molecule has 0 aliphatic carbocycles. The van der Waals surface area contributed by atoms with E-state index in [2.05, 4.69) is 0 Å². The zero-order chi connectivity index (χ0) is 14.7. The van der Waals surface area contributed by atoms with Crippen molar-refractivity contribution in [2.75, 3.05) is 6.54 Å². The van der Waals surface area contributed by atoms with Gasteiger partial charge in [-0.2, -0.15) is 0 Å². The predicted molar refractivity (Wildman–Crippen MR) is 65.0 cm³/mol. The number of nitrogens with one attached hydrogen (secondary N) is 1. The summed E-state index contributed by atoms with van der Waals surface area (Å²) < 4.78 is 25.7. The van der Waals surface area contributed by atoms with Gasteiger partial charge in [0.15, 0.2) is 11.2 Å². The van der Waals surface area contributed by atoms with Crippen LogP contribution in [-0.2, 0) is 14.8 Å². The number of sulfonamides is 1. The number of para-hydroxylation sites is 1. The maximum atomic E-state index is 11.9. The number of nitro groups is 1. The topological polar surface area (TPSA) is 127 Å². The number of aldehydes is 1. The molecule has 1 atom stereocenters. The van der Waals surface area contributed by atoms with Crippen LogP contribution in [0.1, 0.15) is 6.92 Å². The van der Waals surface area contributed by atoms with E-state index < -0.39 is 37.7 Å². The van der Waals surface area contributed by atoms with Crippen molar-refractivity contribution in [3.8, 4) is 0 Å². The highest BCUT2D eigenvalue weighted by molar-refractivity contribution is 7.89. The maximum Gasteiger partial charge on any atom is 0.289 e. The van der Waals surface area contributed by atoms with Crippen molar-refractivity contribution in [1.29, 1.82) is 0 Å². The fourth-order valence-electron chi connectivity index (χ4n) is 1.20. The molecule has 2 N–H and O–H groups in total. The second kappa shape index (κ2) is 5.43. The first-order valence-corrected chi connectivity index (χ1v) is 6.60. The third-order valence-electron chi connectivity index (χ3n) is 2.23. The number of carbonyl (C=O) groups is 1. The van der Waals surface area contributed by atoms with Crippen LogP contribution >= 0.6 is 0 Å². The first-order chi connectivity index (χ1) is 8.69. The standard InChI is InChI=1S/C10H12N2O6S/c1-10(14,7-13)6-11-19(17,18)9-5-3-2-4-8(9)12(15)16/h2-5,7,11,14H,6H2,1H3/t10-/m0/s1. The Morgan fingerprint density at radius 2 is 2.05 bits per heavy atom. The molecule has 0 spiro atoms. The molecule has 1 rings (SSSR count). The molecule has 1 aromatic carbocycles. The molecular formula is C10H12N2O6S. The molecular weight excluding hydrogens is 276 g/mol. The van der Waals surface area contributed by atoms with Gasteiger partial charge in [0.25, 0.3) is 5.69 Å². The Morgan fingerprint density at radius 1 is 1.47 bits per heavy atom. The number of hydrogen-bond donors (Lipinski definition) is 2. The molecule has 0 amide bonds. The first-order valence-electron chi connectivity index (χ1n) is 5.11. The average molecular weight is 288 g/mol. The van der Waals surface area contributed by atoms with Crippen LogP contribution in [0.3, 0.4) is 0 Å². The summed E-state index contributed by atoms with van der Waals surface area (Å²) >= 11 is 0. The van der Waals surface area contributed by atoms with Gasteiger partial charge in [-0.3, -0.25) is 10.1 Å². The minimum absolute atomic E-state index is 0.176. The van der Waals surface area contributed by atoms with E-state index in [4.69, 9.17) is 0 Å². The Labute approximate surface area is 109 Å². The summed E-state index contributed by atoms with van der Waals surface area (Å²) in [6.07, 6.45) is 0.176. The highest BCUT2D eigenvalue weighted by Crippen LogP contribution is 2.22. The molecule has 0 bridgehead atoms. The number of nitro benzene ring substituents is 1. The summed E-state index contributed by atoms with van der Waals surface area (Å²) in [4.78, 5) is 19.8. The van der Waals surface area contributed by atoms with Crippen LogP contribution < -0.4 is 4.72 Å². The summed E-state index contributed by atoms with van der Waals surface area (Å²) in [5.41, 5.74) is -2.46. The lowest BCUT2D eigenvalue weighted by atomic mass is 10.1. The van der Waals surface area contributed by atoms with Gasteiger partial charge in [0.1, 0.15) is 5.60 Å². The van der Waals surface area contributed by atoms with Crippen LogP contribution in [0.2, 0.25) is 0 Å². The van der Waals surface area contributed by atoms with E-state index in [-0.39, 0.29) is 6.29 Å². The Morgan fingerprint density at radius 3 is 2.58 bits per heavy atom. The summed E-state index contributed by atoms with van der Waals surface area (Å²) in [5.74, 6) is 0. The van der Waals surface area contributed by atoms with E-state index in [1.807, 2.05) is 4.72 Å². The molecule has 1 aromatic rings. The van der Waals surface area contributed by atoms with Gasteiger partial charge in [0.05, 0.1) is 4.92 Å². The largest absolute Gasteiger partial charge is 0.381 e. The second-order valence-corrected chi connectivity index (χ2v) is 5.76. The number of carbonyl (C=O) groups excluding carboxylic acids is 1. The van der Waals surface area contributed by atoms with Gasteiger partial charge in [0, 0.05) is 12.6 Å². The average Bonchev–Trinajstić information content (AvgIpc) is 2.37. The second-order valence-electron chi connectivity index (χ2n) is 4.02. The van der Waals surface area contributed by atoms with Crippen molar-refractivity contribution in [3.05, 3.63) is 34.4 Å². The van der Waals surface area contributed by atoms with Crippen LogP contribution in [0, 0.1) is 10.1 Å². The maximum absolute atomic E-state index is 11.9. The van der Waals surface area contributed by atoms with E-state index in [1.165, 1.54) is 12.1 Å². The van der Waals surface area contributed by atoms with Gasteiger partial charge >= 0.3 is 0 Å². The van der Waals surface area contributed by atoms with Gasteiger partial charge in [-0.25, -0.2) is 13.1 Å². The molecule has 0 fully saturated rings. The monoisotopic (exact) mass is 288 g/mol. The lowest BCUT2D eigenvalue weighted by Crippen LogP contribution is -2.41. The number of nitrogens with zero attached hydrogens (tertiary/aromatic N) is 1. The molecule has 104 valence electrons. The van der Waals surface area contributed by atoms with Crippen LogP contribution in [0.15, 0.2) is 29.2 Å². The molecule has 0 saturated heterocycles. The van der Waals surface area contributed by atoms with Crippen molar-refractivity contribution in [2.24, 2.45) is 0 Å². The van der Waals surface area contributed by atoms with E-state index in [0.29, 0.717) is 0 Å². The van der Waals surface area contributed by atoms with Crippen LogP contribution in [0.4, 0.5) is 5.69 Å². The van der Waals surface area contributed by atoms with Crippen LogP contribution in [0.25, 0.3) is 0 Å². The molecule has 0 aromatic heterocycles. The number of aliphatic hydroxyl groups is 1. The lowest BCUT2D eigenvalue weighted by molar-refractivity contribution is -0.387. The van der Waals surface area contributed by atoms with E-state index in [9.17, 15) is 28.4 Å². The quantitative estimate of drug-likeness (QED) is 0.425. The Kier molecular flexibility index (Phi) is 4.35. The Balaban J connectivity index is 3.08. The molecule has 8 nitrogen and oxygen atoms in total. The highest BCUT2D eigenvalue weighted by atomic mass is 32.2. The molecule has 0 aliphatic heterocycles. The number of rotatable bonds is 6. The van der Waals surface area contributed by atoms with Gasteiger partial charge < -0.3 is 9.90 Å². The summed E-state index contributed by atoms with van der Waals surface area (Å²) in [6.45, 7) is 0.535. The summed E-state index contributed by atoms with van der Waals surface area (Å²) in [7, 11) is -4.19. The third kappa shape index (κ3) is 3.81. The number of benzene rings is 1. The van der Waals surface area contributed by atoms with E-state index in [1.54, 1.807) is 0 Å². The van der Waals surface area contributed by atoms with E-state index >= 15 is 0 Å². The number of hydrogen-bond acceptors (Lipinski definition) is 6. The van der Waals surface area contributed by atoms with Crippen molar-refractivity contribution in [1.82, 2.24) is 4.72 Å². The predicted octanol–water partition coefficient (Wildman–Crippen LogP) is -0.177. The summed E-state index contributed by atoms with van der Waals surface area (Å²) in [5, 5.41) is 20.1. The van der Waals surface area contributed by atoms with Crippen LogP contribution in [0.5, 0.6) is 0 Å². The zero-order valence-electron chi connectivity index (χ0n) is 9.94.